The van der Waals surface area contributed by atoms with E-state index in [4.69, 9.17) is 0 Å². The SMILES string of the molecule is CCCN(C)c1ccc(CNC(C)C)cc1C(F)(F)F. The average molecular weight is 288 g/mol. The van der Waals surface area contributed by atoms with Gasteiger partial charge < -0.3 is 10.2 Å². The lowest BCUT2D eigenvalue weighted by Crippen LogP contribution is -2.24. The first kappa shape index (κ1) is 16.8. The number of rotatable bonds is 6. The molecule has 0 heterocycles. The molecule has 0 aliphatic rings. The minimum Gasteiger partial charge on any atom is -0.374 e. The number of alkyl halides is 3. The monoisotopic (exact) mass is 288 g/mol. The number of hydrogen-bond donors (Lipinski definition) is 1. The van der Waals surface area contributed by atoms with Gasteiger partial charge in [0.05, 0.1) is 5.56 Å². The smallest absolute Gasteiger partial charge is 0.374 e. The maximum absolute atomic E-state index is 13.2. The van der Waals surface area contributed by atoms with Gasteiger partial charge in [0.2, 0.25) is 0 Å². The molecule has 114 valence electrons. The first-order valence-electron chi connectivity index (χ1n) is 6.90. The third-order valence-corrected chi connectivity index (χ3v) is 3.05. The summed E-state index contributed by atoms with van der Waals surface area (Å²) in [4.78, 5) is 1.66. The first-order valence-corrected chi connectivity index (χ1v) is 6.90. The Morgan fingerprint density at radius 3 is 2.40 bits per heavy atom. The first-order chi connectivity index (χ1) is 9.25. The predicted molar refractivity (Wildman–Crippen MR) is 77.0 cm³/mol. The van der Waals surface area contributed by atoms with Crippen LogP contribution in [0, 0.1) is 0 Å². The molecule has 20 heavy (non-hydrogen) atoms. The van der Waals surface area contributed by atoms with Crippen LogP contribution in [0.4, 0.5) is 18.9 Å². The van der Waals surface area contributed by atoms with Crippen molar-refractivity contribution >= 4 is 5.69 Å². The van der Waals surface area contributed by atoms with Gasteiger partial charge in [0.15, 0.2) is 0 Å². The highest BCUT2D eigenvalue weighted by molar-refractivity contribution is 5.56. The third kappa shape index (κ3) is 4.71. The molecular weight excluding hydrogens is 265 g/mol. The lowest BCUT2D eigenvalue weighted by atomic mass is 10.1. The van der Waals surface area contributed by atoms with E-state index >= 15 is 0 Å². The molecule has 1 aromatic rings. The summed E-state index contributed by atoms with van der Waals surface area (Å²) in [7, 11) is 1.69. The standard InChI is InChI=1S/C15H23F3N2/c1-5-8-20(4)14-7-6-12(10-19-11(2)3)9-13(14)15(16,17)18/h6-7,9,11,19H,5,8,10H2,1-4H3. The minimum absolute atomic E-state index is 0.242. The van der Waals surface area contributed by atoms with Gasteiger partial charge in [-0.25, -0.2) is 0 Å². The number of nitrogens with one attached hydrogen (secondary N) is 1. The fourth-order valence-electron chi connectivity index (χ4n) is 2.03. The second-order valence-corrected chi connectivity index (χ2v) is 5.31. The molecule has 2 nitrogen and oxygen atoms in total. The Morgan fingerprint density at radius 2 is 1.90 bits per heavy atom. The van der Waals surface area contributed by atoms with Gasteiger partial charge in [0, 0.05) is 31.9 Å². The zero-order valence-corrected chi connectivity index (χ0v) is 12.5. The largest absolute Gasteiger partial charge is 0.418 e. The summed E-state index contributed by atoms with van der Waals surface area (Å²) in [5.74, 6) is 0. The van der Waals surface area contributed by atoms with E-state index < -0.39 is 11.7 Å². The van der Waals surface area contributed by atoms with E-state index in [0.29, 0.717) is 18.7 Å². The van der Waals surface area contributed by atoms with Crippen LogP contribution in [0.2, 0.25) is 0 Å². The van der Waals surface area contributed by atoms with Crippen LogP contribution < -0.4 is 10.2 Å². The highest BCUT2D eigenvalue weighted by Gasteiger charge is 2.34. The molecule has 0 aliphatic carbocycles. The fraction of sp³-hybridized carbons (Fsp3) is 0.600. The molecule has 0 aliphatic heterocycles. The Morgan fingerprint density at radius 1 is 1.25 bits per heavy atom. The van der Waals surface area contributed by atoms with E-state index in [0.717, 1.165) is 6.42 Å². The molecule has 0 radical (unpaired) electrons. The quantitative estimate of drug-likeness (QED) is 0.849. The highest BCUT2D eigenvalue weighted by atomic mass is 19.4. The van der Waals surface area contributed by atoms with Gasteiger partial charge in [-0.3, -0.25) is 0 Å². The van der Waals surface area contributed by atoms with Crippen molar-refractivity contribution < 1.29 is 13.2 Å². The molecule has 0 saturated carbocycles. The minimum atomic E-state index is -4.33. The molecule has 1 rings (SSSR count). The van der Waals surface area contributed by atoms with Gasteiger partial charge in [-0.1, -0.05) is 26.8 Å². The lowest BCUT2D eigenvalue weighted by molar-refractivity contribution is -0.137. The van der Waals surface area contributed by atoms with E-state index in [1.54, 1.807) is 24.1 Å². The van der Waals surface area contributed by atoms with Crippen LogP contribution in [-0.2, 0) is 12.7 Å². The Hall–Kier alpha value is -1.23. The number of halogens is 3. The van der Waals surface area contributed by atoms with Crippen LogP contribution in [0.1, 0.15) is 38.3 Å². The molecule has 0 atom stereocenters. The van der Waals surface area contributed by atoms with Crippen molar-refractivity contribution in [1.82, 2.24) is 5.32 Å². The molecule has 1 N–H and O–H groups in total. The summed E-state index contributed by atoms with van der Waals surface area (Å²) in [5.41, 5.74) is 0.337. The van der Waals surface area contributed by atoms with Crippen molar-refractivity contribution in [2.45, 2.75) is 46.0 Å². The highest BCUT2D eigenvalue weighted by Crippen LogP contribution is 2.37. The Bertz CT molecular complexity index is 428. The number of nitrogens with zero attached hydrogens (tertiary/aromatic N) is 1. The summed E-state index contributed by atoms with van der Waals surface area (Å²) < 4.78 is 39.5. The van der Waals surface area contributed by atoms with Crippen molar-refractivity contribution in [3.8, 4) is 0 Å². The van der Waals surface area contributed by atoms with E-state index in [-0.39, 0.29) is 11.7 Å². The number of benzene rings is 1. The van der Waals surface area contributed by atoms with Crippen LogP contribution in [0.3, 0.4) is 0 Å². The number of anilines is 1. The Kier molecular flexibility index (Phi) is 5.87. The van der Waals surface area contributed by atoms with Gasteiger partial charge >= 0.3 is 6.18 Å². The molecule has 0 aromatic heterocycles. The van der Waals surface area contributed by atoms with Gasteiger partial charge in [0.1, 0.15) is 0 Å². The molecular formula is C15H23F3N2. The maximum atomic E-state index is 13.2. The molecule has 0 amide bonds. The summed E-state index contributed by atoms with van der Waals surface area (Å²) in [6.45, 7) is 6.93. The van der Waals surface area contributed by atoms with Gasteiger partial charge in [-0.15, -0.1) is 0 Å². The average Bonchev–Trinajstić information content (AvgIpc) is 2.35. The topological polar surface area (TPSA) is 15.3 Å². The van der Waals surface area contributed by atoms with Gasteiger partial charge in [-0.05, 0) is 24.1 Å². The Balaban J connectivity index is 3.07. The molecule has 0 fully saturated rings. The third-order valence-electron chi connectivity index (χ3n) is 3.05. The van der Waals surface area contributed by atoms with Gasteiger partial charge in [-0.2, -0.15) is 13.2 Å². The van der Waals surface area contributed by atoms with Crippen molar-refractivity contribution in [3.63, 3.8) is 0 Å². The van der Waals surface area contributed by atoms with Crippen molar-refractivity contribution in [3.05, 3.63) is 29.3 Å². The zero-order chi connectivity index (χ0) is 15.3. The second-order valence-electron chi connectivity index (χ2n) is 5.31. The molecule has 0 unspecified atom stereocenters. The van der Waals surface area contributed by atoms with E-state index in [1.165, 1.54) is 6.07 Å². The van der Waals surface area contributed by atoms with Crippen LogP contribution in [0.25, 0.3) is 0 Å². The summed E-state index contributed by atoms with van der Waals surface area (Å²) in [5, 5.41) is 3.13. The van der Waals surface area contributed by atoms with Crippen LogP contribution >= 0.6 is 0 Å². The summed E-state index contributed by atoms with van der Waals surface area (Å²) in [6.07, 6.45) is -3.52. The van der Waals surface area contributed by atoms with Crippen LogP contribution in [0.5, 0.6) is 0 Å². The molecule has 0 bridgehead atoms. The summed E-state index contributed by atoms with van der Waals surface area (Å²) >= 11 is 0. The molecule has 5 heteroatoms. The molecule has 0 spiro atoms. The predicted octanol–water partition coefficient (Wildman–Crippen LogP) is 4.05. The van der Waals surface area contributed by atoms with E-state index in [9.17, 15) is 13.2 Å². The zero-order valence-electron chi connectivity index (χ0n) is 12.5. The van der Waals surface area contributed by atoms with Crippen molar-refractivity contribution in [2.75, 3.05) is 18.5 Å². The normalized spacial score (nSPS) is 12.0. The van der Waals surface area contributed by atoms with E-state index in [1.807, 2.05) is 20.8 Å². The van der Waals surface area contributed by atoms with Crippen LogP contribution in [-0.4, -0.2) is 19.6 Å². The number of hydrogen-bond acceptors (Lipinski definition) is 2. The van der Waals surface area contributed by atoms with Crippen molar-refractivity contribution in [1.29, 1.82) is 0 Å². The fourth-order valence-corrected chi connectivity index (χ4v) is 2.03. The lowest BCUT2D eigenvalue weighted by Gasteiger charge is -2.24. The van der Waals surface area contributed by atoms with Crippen LogP contribution in [0.15, 0.2) is 18.2 Å². The van der Waals surface area contributed by atoms with Gasteiger partial charge in [0.25, 0.3) is 0 Å². The van der Waals surface area contributed by atoms with E-state index in [2.05, 4.69) is 5.32 Å². The molecule has 1 aromatic carbocycles. The summed E-state index contributed by atoms with van der Waals surface area (Å²) in [6, 6.07) is 4.81. The maximum Gasteiger partial charge on any atom is 0.418 e. The second kappa shape index (κ2) is 6.97. The van der Waals surface area contributed by atoms with Crippen molar-refractivity contribution in [2.24, 2.45) is 0 Å². The Labute approximate surface area is 119 Å². The molecule has 0 saturated heterocycles.